The molecule has 0 saturated heterocycles. The van der Waals surface area contributed by atoms with Gasteiger partial charge in [0.1, 0.15) is 13.2 Å². The summed E-state index contributed by atoms with van der Waals surface area (Å²) in [5.41, 5.74) is 0. The van der Waals surface area contributed by atoms with Crippen LogP contribution in [0, 0.1) is 0 Å². The van der Waals surface area contributed by atoms with E-state index in [2.05, 4.69) is 142 Å². The Kier molecular flexibility index (Phi) is 53.0. The smallest absolute Gasteiger partial charge is 0.306 e. The summed E-state index contributed by atoms with van der Waals surface area (Å²) in [7, 11) is 0. The molecule has 69 heavy (non-hydrogen) atoms. The van der Waals surface area contributed by atoms with Gasteiger partial charge >= 0.3 is 17.9 Å². The number of esters is 3. The molecule has 0 aliphatic rings. The summed E-state index contributed by atoms with van der Waals surface area (Å²) in [4.78, 5) is 37.7. The van der Waals surface area contributed by atoms with Crippen molar-refractivity contribution in [3.63, 3.8) is 0 Å². The third kappa shape index (κ3) is 54.6. The van der Waals surface area contributed by atoms with Gasteiger partial charge in [-0.1, -0.05) is 232 Å². The third-order valence-corrected chi connectivity index (χ3v) is 11.5. The number of hydrogen-bond donors (Lipinski definition) is 0. The molecular weight excluding hydrogens is 853 g/mol. The number of ether oxygens (including phenoxy) is 3. The lowest BCUT2D eigenvalue weighted by atomic mass is 10.0. The van der Waals surface area contributed by atoms with Crippen LogP contribution in [0.4, 0.5) is 0 Å². The van der Waals surface area contributed by atoms with E-state index in [1.807, 2.05) is 0 Å². The van der Waals surface area contributed by atoms with Gasteiger partial charge in [0.05, 0.1) is 0 Å². The van der Waals surface area contributed by atoms with E-state index in [4.69, 9.17) is 14.2 Å². The van der Waals surface area contributed by atoms with Crippen molar-refractivity contribution in [2.75, 3.05) is 13.2 Å². The number of carbonyl (C=O) groups is 3. The van der Waals surface area contributed by atoms with E-state index in [9.17, 15) is 14.4 Å². The van der Waals surface area contributed by atoms with Gasteiger partial charge in [0.15, 0.2) is 6.10 Å². The molecule has 6 nitrogen and oxygen atoms in total. The molecule has 0 N–H and O–H groups in total. The van der Waals surface area contributed by atoms with Crippen LogP contribution < -0.4 is 0 Å². The van der Waals surface area contributed by atoms with Gasteiger partial charge in [0, 0.05) is 19.3 Å². The second-order valence-electron chi connectivity index (χ2n) is 18.1. The van der Waals surface area contributed by atoms with Gasteiger partial charge in [-0.05, 0) is 109 Å². The van der Waals surface area contributed by atoms with Crippen molar-refractivity contribution in [1.29, 1.82) is 0 Å². The number of unbranched alkanes of at least 4 members (excludes halogenated alkanes) is 18. The molecule has 0 amide bonds. The van der Waals surface area contributed by atoms with Crippen molar-refractivity contribution < 1.29 is 28.6 Å². The maximum absolute atomic E-state index is 12.7. The van der Waals surface area contributed by atoms with Crippen LogP contribution in [0.25, 0.3) is 0 Å². The lowest BCUT2D eigenvalue weighted by Crippen LogP contribution is -2.30. The maximum Gasteiger partial charge on any atom is 0.306 e. The minimum absolute atomic E-state index is 0.0974. The van der Waals surface area contributed by atoms with Crippen LogP contribution >= 0.6 is 0 Å². The van der Waals surface area contributed by atoms with Gasteiger partial charge in [0.25, 0.3) is 0 Å². The second-order valence-corrected chi connectivity index (χ2v) is 18.1. The molecule has 0 aromatic heterocycles. The normalized spacial score (nSPS) is 13.0. The Hall–Kier alpha value is -4.19. The summed E-state index contributed by atoms with van der Waals surface area (Å²) in [5.74, 6) is -0.960. The first-order chi connectivity index (χ1) is 34.0. The van der Waals surface area contributed by atoms with E-state index in [1.54, 1.807) is 0 Å². The van der Waals surface area contributed by atoms with Crippen LogP contribution in [-0.2, 0) is 28.6 Å². The van der Waals surface area contributed by atoms with Gasteiger partial charge < -0.3 is 14.2 Å². The van der Waals surface area contributed by atoms with Gasteiger partial charge in [0.2, 0.25) is 0 Å². The van der Waals surface area contributed by atoms with E-state index < -0.39 is 6.10 Å². The molecule has 6 heteroatoms. The highest BCUT2D eigenvalue weighted by Gasteiger charge is 2.19. The van der Waals surface area contributed by atoms with E-state index in [1.165, 1.54) is 64.2 Å². The Bertz CT molecular complexity index is 1470. The van der Waals surface area contributed by atoms with Gasteiger partial charge in [-0.2, -0.15) is 0 Å². The first-order valence-corrected chi connectivity index (χ1v) is 28.0. The second kappa shape index (κ2) is 56.4. The molecule has 1 atom stereocenters. The predicted octanol–water partition coefficient (Wildman–Crippen LogP) is 18.9. The lowest BCUT2D eigenvalue weighted by molar-refractivity contribution is -0.167. The molecule has 0 rings (SSSR count). The summed E-state index contributed by atoms with van der Waals surface area (Å²) in [5, 5.41) is 0. The molecular formula is C63H102O6. The fraction of sp³-hybridized carbons (Fsp3) is 0.635. The standard InChI is InChI=1S/C63H102O6/c1-4-7-10-13-15-17-19-21-23-24-25-26-27-28-29-30-31-32-33-34-35-36-37-38-40-41-43-45-47-50-53-56-62(65)68-59-60(58-67-61(64)55-52-49-12-9-6-3)69-63(66)57-54-51-48-46-44-42-39-22-20-18-16-14-11-8-5-2/h7-8,10-11,15-18,21-23,25-26,28-29,31-32,39,44,46,60H,4-6,9,12-14,19-20,24,27,30,33-38,40-43,45,47-59H2,1-3H3/b10-7-,11-8-,17-15-,18-16-,23-21-,26-25-,29-28-,32-31-,39-22-,46-44-. The highest BCUT2D eigenvalue weighted by Crippen LogP contribution is 2.14. The Balaban J connectivity index is 4.08. The molecule has 0 heterocycles. The minimum Gasteiger partial charge on any atom is -0.462 e. The average Bonchev–Trinajstić information content (AvgIpc) is 3.35. The van der Waals surface area contributed by atoms with Crippen LogP contribution in [0.15, 0.2) is 122 Å². The molecule has 0 aromatic carbocycles. The van der Waals surface area contributed by atoms with Crippen LogP contribution in [0.1, 0.15) is 239 Å². The largest absolute Gasteiger partial charge is 0.462 e. The Labute approximate surface area is 424 Å². The predicted molar refractivity (Wildman–Crippen MR) is 297 cm³/mol. The van der Waals surface area contributed by atoms with E-state index in [0.29, 0.717) is 19.3 Å². The van der Waals surface area contributed by atoms with Crippen molar-refractivity contribution in [1.82, 2.24) is 0 Å². The molecule has 0 saturated carbocycles. The van der Waals surface area contributed by atoms with E-state index in [0.717, 1.165) is 128 Å². The number of rotatable bonds is 49. The molecule has 0 radical (unpaired) electrons. The highest BCUT2D eigenvalue weighted by atomic mass is 16.6. The summed E-state index contributed by atoms with van der Waals surface area (Å²) in [6, 6.07) is 0. The topological polar surface area (TPSA) is 78.9 Å². The van der Waals surface area contributed by atoms with Crippen molar-refractivity contribution in [3.05, 3.63) is 122 Å². The Morgan fingerprint density at radius 2 is 0.565 bits per heavy atom. The van der Waals surface area contributed by atoms with Crippen LogP contribution in [0.5, 0.6) is 0 Å². The van der Waals surface area contributed by atoms with E-state index >= 15 is 0 Å². The minimum atomic E-state index is -0.798. The molecule has 390 valence electrons. The van der Waals surface area contributed by atoms with Gasteiger partial charge in [-0.25, -0.2) is 0 Å². The van der Waals surface area contributed by atoms with Gasteiger partial charge in [-0.3, -0.25) is 14.4 Å². The highest BCUT2D eigenvalue weighted by molar-refractivity contribution is 5.71. The summed E-state index contributed by atoms with van der Waals surface area (Å²) < 4.78 is 16.6. The van der Waals surface area contributed by atoms with Crippen molar-refractivity contribution in [3.8, 4) is 0 Å². The maximum atomic E-state index is 12.7. The molecule has 0 aliphatic carbocycles. The molecule has 0 aromatic rings. The number of allylic oxidation sites excluding steroid dienone is 20. The quantitative estimate of drug-likeness (QED) is 0.0262. The molecule has 0 bridgehead atoms. The first kappa shape index (κ1) is 64.8. The van der Waals surface area contributed by atoms with Crippen molar-refractivity contribution in [2.45, 2.75) is 245 Å². The summed E-state index contributed by atoms with van der Waals surface area (Å²) in [6.45, 7) is 6.28. The van der Waals surface area contributed by atoms with Gasteiger partial charge in [-0.15, -0.1) is 0 Å². The lowest BCUT2D eigenvalue weighted by Gasteiger charge is -2.18. The van der Waals surface area contributed by atoms with Crippen LogP contribution in [-0.4, -0.2) is 37.2 Å². The Morgan fingerprint density at radius 1 is 0.304 bits per heavy atom. The van der Waals surface area contributed by atoms with Crippen molar-refractivity contribution in [2.24, 2.45) is 0 Å². The monoisotopic (exact) mass is 955 g/mol. The number of carbonyl (C=O) groups excluding carboxylic acids is 3. The van der Waals surface area contributed by atoms with E-state index in [-0.39, 0.29) is 37.5 Å². The zero-order valence-electron chi connectivity index (χ0n) is 44.5. The fourth-order valence-electron chi connectivity index (χ4n) is 7.32. The number of hydrogen-bond acceptors (Lipinski definition) is 6. The zero-order chi connectivity index (χ0) is 50.0. The molecule has 1 unspecified atom stereocenters. The molecule has 0 fully saturated rings. The average molecular weight is 956 g/mol. The Morgan fingerprint density at radius 3 is 0.913 bits per heavy atom. The fourth-order valence-corrected chi connectivity index (χ4v) is 7.32. The van der Waals surface area contributed by atoms with Crippen LogP contribution in [0.2, 0.25) is 0 Å². The summed E-state index contributed by atoms with van der Waals surface area (Å²) in [6.07, 6.45) is 78.2. The van der Waals surface area contributed by atoms with Crippen LogP contribution in [0.3, 0.4) is 0 Å². The summed E-state index contributed by atoms with van der Waals surface area (Å²) >= 11 is 0. The zero-order valence-corrected chi connectivity index (χ0v) is 44.5. The van der Waals surface area contributed by atoms with Crippen molar-refractivity contribution >= 4 is 17.9 Å². The SMILES string of the molecule is CC/C=C\C/C=C\C/C=C\C/C=C\C/C=C\C/C=C\CCCCCCCCCCCCCCC(=O)OCC(COC(=O)CCCCCCC)OC(=O)CCCC/C=C\C/C=C\C/C=C\C/C=C\CC. The third-order valence-electron chi connectivity index (χ3n) is 11.5. The first-order valence-electron chi connectivity index (χ1n) is 28.0. The molecule has 0 spiro atoms. The molecule has 0 aliphatic heterocycles.